The molecule has 0 atom stereocenters. The van der Waals surface area contributed by atoms with Crippen molar-refractivity contribution >= 4 is 17.2 Å². The van der Waals surface area contributed by atoms with E-state index in [1.54, 1.807) is 0 Å². The number of benzene rings is 1. The van der Waals surface area contributed by atoms with E-state index < -0.39 is 23.1 Å². The fraction of sp³-hybridized carbons (Fsp3) is 0.125. The van der Waals surface area contributed by atoms with Gasteiger partial charge in [0.25, 0.3) is 5.56 Å². The minimum absolute atomic E-state index is 0.0518. The van der Waals surface area contributed by atoms with Gasteiger partial charge in [-0.3, -0.25) is 4.79 Å². The second kappa shape index (κ2) is 5.63. The number of carbonyl (C=O) groups is 1. The smallest absolute Gasteiger partial charge is 0.360 e. The molecule has 0 amide bonds. The van der Waals surface area contributed by atoms with Gasteiger partial charge in [0.2, 0.25) is 0 Å². The molecular weight excluding hydrogens is 328 g/mol. The van der Waals surface area contributed by atoms with Crippen LogP contribution >= 0.6 is 0 Å². The molecule has 0 aliphatic heterocycles. The zero-order chi connectivity index (χ0) is 17.5. The van der Waals surface area contributed by atoms with Crippen molar-refractivity contribution in [2.45, 2.75) is 12.7 Å². The lowest BCUT2D eigenvalue weighted by Gasteiger charge is -2.10. The summed E-state index contributed by atoms with van der Waals surface area (Å²) in [7, 11) is 0. The van der Waals surface area contributed by atoms with E-state index in [1.165, 1.54) is 24.5 Å². The van der Waals surface area contributed by atoms with Crippen LogP contribution in [0.1, 0.15) is 5.56 Å². The second-order valence-corrected chi connectivity index (χ2v) is 5.12. The van der Waals surface area contributed by atoms with Crippen LogP contribution in [0.4, 0.5) is 17.6 Å². The molecule has 0 unspecified atom stereocenters. The average Bonchev–Trinajstić information content (AvgIpc) is 2.94. The molecule has 0 aliphatic carbocycles. The molecular formula is C16H10F4N2O2. The van der Waals surface area contributed by atoms with Gasteiger partial charge in [0.1, 0.15) is 12.1 Å². The normalized spacial score (nSPS) is 11.8. The van der Waals surface area contributed by atoms with E-state index in [4.69, 9.17) is 0 Å². The number of aromatic nitrogens is 2. The van der Waals surface area contributed by atoms with E-state index in [2.05, 4.69) is 4.98 Å². The van der Waals surface area contributed by atoms with Gasteiger partial charge >= 0.3 is 6.18 Å². The third kappa shape index (κ3) is 2.60. The molecule has 3 rings (SSSR count). The van der Waals surface area contributed by atoms with Gasteiger partial charge in [-0.05, 0) is 23.8 Å². The number of carbonyl (C=O) groups excluding carboxylic acids is 1. The molecule has 0 aliphatic rings. The summed E-state index contributed by atoms with van der Waals surface area (Å²) in [6.07, 6.45) is -1.51. The third-order valence-corrected chi connectivity index (χ3v) is 3.66. The van der Waals surface area contributed by atoms with E-state index >= 15 is 0 Å². The van der Waals surface area contributed by atoms with Crippen LogP contribution in [0, 0.1) is 5.82 Å². The van der Waals surface area contributed by atoms with Gasteiger partial charge in [-0.15, -0.1) is 0 Å². The highest BCUT2D eigenvalue weighted by Gasteiger charge is 2.34. The number of rotatable bonds is 3. The van der Waals surface area contributed by atoms with Gasteiger partial charge in [-0.25, -0.2) is 4.39 Å². The summed E-state index contributed by atoms with van der Waals surface area (Å²) >= 11 is 0. The molecule has 0 fully saturated rings. The first-order chi connectivity index (χ1) is 11.3. The van der Waals surface area contributed by atoms with Crippen molar-refractivity contribution in [2.75, 3.05) is 0 Å². The number of aromatic amines is 1. The first-order valence-corrected chi connectivity index (χ1v) is 6.84. The van der Waals surface area contributed by atoms with Crippen molar-refractivity contribution in [1.82, 2.24) is 9.55 Å². The van der Waals surface area contributed by atoms with Gasteiger partial charge in [0.15, 0.2) is 0 Å². The Morgan fingerprint density at radius 2 is 1.96 bits per heavy atom. The van der Waals surface area contributed by atoms with Crippen molar-refractivity contribution in [3.63, 3.8) is 0 Å². The Morgan fingerprint density at radius 3 is 2.62 bits per heavy atom. The van der Waals surface area contributed by atoms with Crippen LogP contribution in [0.3, 0.4) is 0 Å². The summed E-state index contributed by atoms with van der Waals surface area (Å²) in [6.45, 7) is -0.170. The number of aldehydes is 1. The summed E-state index contributed by atoms with van der Waals surface area (Å²) in [5.41, 5.74) is -1.25. The van der Waals surface area contributed by atoms with Crippen molar-refractivity contribution < 1.29 is 22.4 Å². The summed E-state index contributed by atoms with van der Waals surface area (Å²) in [4.78, 5) is 25.8. The highest BCUT2D eigenvalue weighted by atomic mass is 19.4. The third-order valence-electron chi connectivity index (χ3n) is 3.66. The monoisotopic (exact) mass is 338 g/mol. The molecule has 24 heavy (non-hydrogen) atoms. The summed E-state index contributed by atoms with van der Waals surface area (Å²) < 4.78 is 53.2. The highest BCUT2D eigenvalue weighted by molar-refractivity contribution is 5.95. The number of H-pyrrole nitrogens is 1. The Hall–Kier alpha value is -2.90. The van der Waals surface area contributed by atoms with Crippen LogP contribution in [-0.4, -0.2) is 15.8 Å². The summed E-state index contributed by atoms with van der Waals surface area (Å²) in [6, 6.07) is 4.08. The molecule has 0 saturated heterocycles. The molecule has 2 aromatic heterocycles. The lowest BCUT2D eigenvalue weighted by atomic mass is 10.0. The Labute approximate surface area is 132 Å². The van der Waals surface area contributed by atoms with E-state index in [-0.39, 0.29) is 23.1 Å². The zero-order valence-corrected chi connectivity index (χ0v) is 12.0. The minimum atomic E-state index is -4.84. The molecule has 1 aromatic carbocycles. The maximum absolute atomic E-state index is 13.4. The second-order valence-electron chi connectivity index (χ2n) is 5.12. The predicted octanol–water partition coefficient (Wildman–Crippen LogP) is 3.35. The Morgan fingerprint density at radius 1 is 1.21 bits per heavy atom. The fourth-order valence-electron chi connectivity index (χ4n) is 2.54. The predicted molar refractivity (Wildman–Crippen MR) is 79.0 cm³/mol. The first-order valence-electron chi connectivity index (χ1n) is 6.84. The lowest BCUT2D eigenvalue weighted by Crippen LogP contribution is -2.20. The topological polar surface area (TPSA) is 54.9 Å². The van der Waals surface area contributed by atoms with Gasteiger partial charge in [0, 0.05) is 18.0 Å². The molecule has 0 radical (unpaired) electrons. The SMILES string of the molecule is O=CCn1ccc2[nH]cc(-c3ccc(F)c(C(F)(F)F)c3)c2c1=O. The van der Waals surface area contributed by atoms with Crippen molar-refractivity contribution in [1.29, 1.82) is 0 Å². The van der Waals surface area contributed by atoms with Gasteiger partial charge < -0.3 is 14.3 Å². The van der Waals surface area contributed by atoms with Crippen LogP contribution in [0.5, 0.6) is 0 Å². The van der Waals surface area contributed by atoms with Gasteiger partial charge in [-0.2, -0.15) is 13.2 Å². The molecule has 2 heterocycles. The number of nitrogens with zero attached hydrogens (tertiary/aromatic N) is 1. The number of pyridine rings is 1. The quantitative estimate of drug-likeness (QED) is 0.588. The van der Waals surface area contributed by atoms with Gasteiger partial charge in [-0.1, -0.05) is 6.07 Å². The lowest BCUT2D eigenvalue weighted by molar-refractivity contribution is -0.139. The van der Waals surface area contributed by atoms with Crippen LogP contribution in [-0.2, 0) is 17.5 Å². The Balaban J connectivity index is 2.26. The van der Waals surface area contributed by atoms with E-state index in [1.807, 2.05) is 0 Å². The average molecular weight is 338 g/mol. The molecule has 0 bridgehead atoms. The number of halogens is 4. The van der Waals surface area contributed by atoms with Gasteiger partial charge in [0.05, 0.1) is 23.0 Å². The minimum Gasteiger partial charge on any atom is -0.360 e. The van der Waals surface area contributed by atoms with Crippen molar-refractivity contribution in [3.8, 4) is 11.1 Å². The highest BCUT2D eigenvalue weighted by Crippen LogP contribution is 2.35. The molecule has 3 aromatic rings. The largest absolute Gasteiger partial charge is 0.419 e. The fourth-order valence-corrected chi connectivity index (χ4v) is 2.54. The van der Waals surface area contributed by atoms with E-state index in [9.17, 15) is 27.2 Å². The van der Waals surface area contributed by atoms with Crippen molar-refractivity contribution in [2.24, 2.45) is 0 Å². The molecule has 8 heteroatoms. The number of alkyl halides is 3. The standard InChI is InChI=1S/C16H10F4N2O2/c17-12-2-1-9(7-11(12)16(18,19)20)10-8-21-13-3-4-22(5-6-23)15(24)14(10)13/h1-4,6-8,21H,5H2. The van der Waals surface area contributed by atoms with Crippen LogP contribution in [0.15, 0.2) is 41.5 Å². The molecule has 4 nitrogen and oxygen atoms in total. The summed E-state index contributed by atoms with van der Waals surface area (Å²) in [5.74, 6) is -1.38. The first kappa shape index (κ1) is 16.0. The Kier molecular flexibility index (Phi) is 3.75. The number of hydrogen-bond acceptors (Lipinski definition) is 2. The van der Waals surface area contributed by atoms with Crippen LogP contribution in [0.25, 0.3) is 22.0 Å². The molecule has 0 saturated carbocycles. The van der Waals surface area contributed by atoms with Crippen LogP contribution in [0.2, 0.25) is 0 Å². The maximum atomic E-state index is 13.4. The molecule has 124 valence electrons. The number of hydrogen-bond donors (Lipinski definition) is 1. The van der Waals surface area contributed by atoms with Crippen LogP contribution < -0.4 is 5.56 Å². The van der Waals surface area contributed by atoms with E-state index in [0.29, 0.717) is 23.9 Å². The van der Waals surface area contributed by atoms with Crippen molar-refractivity contribution in [3.05, 3.63) is 58.4 Å². The maximum Gasteiger partial charge on any atom is 0.419 e. The Bertz CT molecular complexity index is 986. The van der Waals surface area contributed by atoms with E-state index in [0.717, 1.165) is 4.57 Å². The molecule has 0 spiro atoms. The summed E-state index contributed by atoms with van der Waals surface area (Å²) in [5, 5.41) is 0.138. The zero-order valence-electron chi connectivity index (χ0n) is 12.0. The molecule has 1 N–H and O–H groups in total. The number of nitrogens with one attached hydrogen (secondary N) is 1. The number of fused-ring (bicyclic) bond motifs is 1.